The SMILES string of the molecule is C=CCOc1ccccc1NC(=O)C1CC(c2ccccn2)NN1. The quantitative estimate of drug-likeness (QED) is 0.710. The standard InChI is InChI=1S/C18H20N4O2/c1-2-11-24-17-9-4-3-8-14(17)20-18(23)16-12-15(21-22-16)13-7-5-6-10-19-13/h2-10,15-16,21-22H,1,11-12H2,(H,20,23). The summed E-state index contributed by atoms with van der Waals surface area (Å²) < 4.78 is 5.56. The maximum absolute atomic E-state index is 12.5. The minimum Gasteiger partial charge on any atom is -0.487 e. The maximum Gasteiger partial charge on any atom is 0.243 e. The van der Waals surface area contributed by atoms with Crippen molar-refractivity contribution in [2.45, 2.75) is 18.5 Å². The highest BCUT2D eigenvalue weighted by molar-refractivity contribution is 5.96. The molecule has 24 heavy (non-hydrogen) atoms. The number of aromatic nitrogens is 1. The van der Waals surface area contributed by atoms with E-state index in [1.165, 1.54) is 0 Å². The summed E-state index contributed by atoms with van der Waals surface area (Å²) in [5.74, 6) is 0.508. The molecule has 2 unspecified atom stereocenters. The van der Waals surface area contributed by atoms with Crippen LogP contribution < -0.4 is 20.9 Å². The van der Waals surface area contributed by atoms with Crippen LogP contribution in [-0.2, 0) is 4.79 Å². The number of rotatable bonds is 6. The number of carbonyl (C=O) groups excluding carboxylic acids is 1. The van der Waals surface area contributed by atoms with Crippen molar-refractivity contribution in [2.24, 2.45) is 0 Å². The fourth-order valence-electron chi connectivity index (χ4n) is 2.57. The monoisotopic (exact) mass is 324 g/mol. The van der Waals surface area contributed by atoms with Gasteiger partial charge in [0.1, 0.15) is 18.4 Å². The van der Waals surface area contributed by atoms with Crippen LogP contribution >= 0.6 is 0 Å². The molecule has 1 aliphatic rings. The lowest BCUT2D eigenvalue weighted by Gasteiger charge is -2.14. The number of hydrazine groups is 1. The van der Waals surface area contributed by atoms with Crippen molar-refractivity contribution in [3.63, 3.8) is 0 Å². The van der Waals surface area contributed by atoms with Gasteiger partial charge in [0, 0.05) is 6.20 Å². The van der Waals surface area contributed by atoms with Crippen molar-refractivity contribution in [1.82, 2.24) is 15.8 Å². The molecule has 0 aliphatic carbocycles. The van der Waals surface area contributed by atoms with Crippen LogP contribution in [0.4, 0.5) is 5.69 Å². The summed E-state index contributed by atoms with van der Waals surface area (Å²) in [6.45, 7) is 4.02. The summed E-state index contributed by atoms with van der Waals surface area (Å²) in [7, 11) is 0. The van der Waals surface area contributed by atoms with Gasteiger partial charge in [-0.05, 0) is 30.7 Å². The van der Waals surface area contributed by atoms with Gasteiger partial charge in [-0.1, -0.05) is 30.9 Å². The smallest absolute Gasteiger partial charge is 0.243 e. The third-order valence-electron chi connectivity index (χ3n) is 3.77. The van der Waals surface area contributed by atoms with Crippen LogP contribution in [-0.4, -0.2) is 23.5 Å². The minimum atomic E-state index is -0.343. The summed E-state index contributed by atoms with van der Waals surface area (Å²) in [6, 6.07) is 12.8. The largest absolute Gasteiger partial charge is 0.487 e. The van der Waals surface area contributed by atoms with Crippen LogP contribution in [0.25, 0.3) is 0 Å². The molecule has 1 aliphatic heterocycles. The topological polar surface area (TPSA) is 75.3 Å². The first-order chi connectivity index (χ1) is 11.8. The predicted octanol–water partition coefficient (Wildman–Crippen LogP) is 2.19. The van der Waals surface area contributed by atoms with Crippen molar-refractivity contribution < 1.29 is 9.53 Å². The van der Waals surface area contributed by atoms with E-state index in [0.717, 1.165) is 5.69 Å². The molecule has 1 aromatic heterocycles. The number of carbonyl (C=O) groups is 1. The van der Waals surface area contributed by atoms with E-state index in [2.05, 4.69) is 27.7 Å². The molecule has 1 amide bonds. The summed E-state index contributed by atoms with van der Waals surface area (Å²) >= 11 is 0. The van der Waals surface area contributed by atoms with Gasteiger partial charge in [0.2, 0.25) is 5.91 Å². The Morgan fingerprint density at radius 1 is 1.29 bits per heavy atom. The molecule has 0 radical (unpaired) electrons. The number of nitrogens with one attached hydrogen (secondary N) is 3. The molecule has 1 saturated heterocycles. The number of hydrogen-bond donors (Lipinski definition) is 3. The Morgan fingerprint density at radius 3 is 2.92 bits per heavy atom. The van der Waals surface area contributed by atoms with E-state index < -0.39 is 0 Å². The number of benzene rings is 1. The molecule has 0 saturated carbocycles. The van der Waals surface area contributed by atoms with Crippen LogP contribution in [0.15, 0.2) is 61.3 Å². The molecule has 2 aromatic rings. The fraction of sp³-hybridized carbons (Fsp3) is 0.222. The number of ether oxygens (including phenoxy) is 1. The lowest BCUT2D eigenvalue weighted by atomic mass is 10.1. The van der Waals surface area contributed by atoms with Crippen molar-refractivity contribution in [1.29, 1.82) is 0 Å². The van der Waals surface area contributed by atoms with Crippen LogP contribution in [0.2, 0.25) is 0 Å². The van der Waals surface area contributed by atoms with Crippen molar-refractivity contribution >= 4 is 11.6 Å². The molecule has 1 fully saturated rings. The van der Waals surface area contributed by atoms with E-state index >= 15 is 0 Å². The second-order valence-electron chi connectivity index (χ2n) is 5.47. The van der Waals surface area contributed by atoms with E-state index in [4.69, 9.17) is 4.74 Å². The lowest BCUT2D eigenvalue weighted by Crippen LogP contribution is -2.39. The number of pyridine rings is 1. The van der Waals surface area contributed by atoms with Gasteiger partial charge in [-0.25, -0.2) is 10.9 Å². The molecule has 3 rings (SSSR count). The zero-order valence-electron chi connectivity index (χ0n) is 13.2. The van der Waals surface area contributed by atoms with E-state index in [-0.39, 0.29) is 18.0 Å². The van der Waals surface area contributed by atoms with E-state index in [1.807, 2.05) is 42.5 Å². The number of hydrogen-bond acceptors (Lipinski definition) is 5. The molecular weight excluding hydrogens is 304 g/mol. The van der Waals surface area contributed by atoms with Crippen molar-refractivity contribution in [3.8, 4) is 5.75 Å². The zero-order valence-corrected chi connectivity index (χ0v) is 13.2. The Bertz CT molecular complexity index is 705. The van der Waals surface area contributed by atoms with Gasteiger partial charge < -0.3 is 10.1 Å². The summed E-state index contributed by atoms with van der Waals surface area (Å²) in [5, 5.41) is 2.91. The molecular formula is C18H20N4O2. The number of anilines is 1. The van der Waals surface area contributed by atoms with Crippen LogP contribution in [0.1, 0.15) is 18.2 Å². The van der Waals surface area contributed by atoms with E-state index in [0.29, 0.717) is 24.5 Å². The number of para-hydroxylation sites is 2. The van der Waals surface area contributed by atoms with Crippen molar-refractivity contribution in [2.75, 3.05) is 11.9 Å². The maximum atomic E-state index is 12.5. The Morgan fingerprint density at radius 2 is 2.12 bits per heavy atom. The average molecular weight is 324 g/mol. The third kappa shape index (κ3) is 3.79. The van der Waals surface area contributed by atoms with Gasteiger partial charge in [0.25, 0.3) is 0 Å². The van der Waals surface area contributed by atoms with Crippen LogP contribution in [0.3, 0.4) is 0 Å². The summed E-state index contributed by atoms with van der Waals surface area (Å²) in [4.78, 5) is 16.8. The van der Waals surface area contributed by atoms with Crippen LogP contribution in [0.5, 0.6) is 5.75 Å². The van der Waals surface area contributed by atoms with Gasteiger partial charge in [-0.2, -0.15) is 0 Å². The zero-order chi connectivity index (χ0) is 16.8. The highest BCUT2D eigenvalue weighted by Crippen LogP contribution is 2.25. The highest BCUT2D eigenvalue weighted by Gasteiger charge is 2.31. The van der Waals surface area contributed by atoms with Gasteiger partial charge in [-0.3, -0.25) is 9.78 Å². The number of nitrogens with zero attached hydrogens (tertiary/aromatic N) is 1. The Labute approximate surface area is 140 Å². The van der Waals surface area contributed by atoms with Gasteiger partial charge in [0.15, 0.2) is 0 Å². The third-order valence-corrected chi connectivity index (χ3v) is 3.77. The number of amides is 1. The Hall–Kier alpha value is -2.70. The molecule has 6 nitrogen and oxygen atoms in total. The van der Waals surface area contributed by atoms with E-state index in [9.17, 15) is 4.79 Å². The molecule has 2 atom stereocenters. The second kappa shape index (κ2) is 7.72. The molecule has 0 bridgehead atoms. The van der Waals surface area contributed by atoms with E-state index in [1.54, 1.807) is 12.3 Å². The fourth-order valence-corrected chi connectivity index (χ4v) is 2.57. The Kier molecular flexibility index (Phi) is 5.20. The molecule has 0 spiro atoms. The molecule has 2 heterocycles. The predicted molar refractivity (Wildman–Crippen MR) is 92.4 cm³/mol. The average Bonchev–Trinajstić information content (AvgIpc) is 3.12. The summed E-state index contributed by atoms with van der Waals surface area (Å²) in [6.07, 6.45) is 4.04. The Balaban J connectivity index is 1.63. The normalized spacial score (nSPS) is 19.7. The minimum absolute atomic E-state index is 0.00853. The molecule has 1 aromatic carbocycles. The first-order valence-corrected chi connectivity index (χ1v) is 7.83. The van der Waals surface area contributed by atoms with Gasteiger partial charge >= 0.3 is 0 Å². The molecule has 124 valence electrons. The first-order valence-electron chi connectivity index (χ1n) is 7.83. The summed E-state index contributed by atoms with van der Waals surface area (Å²) in [5.41, 5.74) is 7.71. The van der Waals surface area contributed by atoms with Crippen molar-refractivity contribution in [3.05, 3.63) is 67.0 Å². The van der Waals surface area contributed by atoms with Crippen LogP contribution in [0, 0.1) is 0 Å². The first kappa shape index (κ1) is 16.2. The highest BCUT2D eigenvalue weighted by atomic mass is 16.5. The molecule has 6 heteroatoms. The van der Waals surface area contributed by atoms with Gasteiger partial charge in [0.05, 0.1) is 17.4 Å². The lowest BCUT2D eigenvalue weighted by molar-refractivity contribution is -0.117. The molecule has 3 N–H and O–H groups in total. The second-order valence-corrected chi connectivity index (χ2v) is 5.47. The van der Waals surface area contributed by atoms with Gasteiger partial charge in [-0.15, -0.1) is 0 Å².